The zero-order valence-electron chi connectivity index (χ0n) is 18.4. The Hall–Kier alpha value is -3.46. The molecule has 31 heavy (non-hydrogen) atoms. The first-order chi connectivity index (χ1) is 14.7. The largest absolute Gasteiger partial charge is 0.481 e. The van der Waals surface area contributed by atoms with Crippen molar-refractivity contribution in [1.29, 1.82) is 0 Å². The third-order valence-electron chi connectivity index (χ3n) is 5.86. The van der Waals surface area contributed by atoms with Gasteiger partial charge in [0.2, 0.25) is 0 Å². The molecule has 3 heteroatoms. The fourth-order valence-electron chi connectivity index (χ4n) is 3.82. The summed E-state index contributed by atoms with van der Waals surface area (Å²) in [5.74, 6) is -1.33. The van der Waals surface area contributed by atoms with Gasteiger partial charge in [0.05, 0.1) is 11.4 Å². The minimum atomic E-state index is -0.812. The molecule has 0 fully saturated rings. The Morgan fingerprint density at radius 1 is 0.871 bits per heavy atom. The van der Waals surface area contributed by atoms with Gasteiger partial charge in [0.15, 0.2) is 0 Å². The van der Waals surface area contributed by atoms with Gasteiger partial charge >= 0.3 is 5.97 Å². The topological polar surface area (TPSA) is 50.2 Å². The molecule has 0 saturated heterocycles. The van der Waals surface area contributed by atoms with E-state index in [0.29, 0.717) is 0 Å². The van der Waals surface area contributed by atoms with E-state index < -0.39 is 11.9 Å². The van der Waals surface area contributed by atoms with Crippen molar-refractivity contribution >= 4 is 16.9 Å². The molecule has 0 aliphatic heterocycles. The zero-order valence-corrected chi connectivity index (χ0v) is 18.4. The van der Waals surface area contributed by atoms with E-state index in [1.807, 2.05) is 36.5 Å². The third-order valence-corrected chi connectivity index (χ3v) is 5.86. The number of nitrogens with zero attached hydrogens (tertiary/aromatic N) is 1. The van der Waals surface area contributed by atoms with Gasteiger partial charge in [0.1, 0.15) is 0 Å². The van der Waals surface area contributed by atoms with Gasteiger partial charge in [-0.3, -0.25) is 9.78 Å². The maximum Gasteiger partial charge on any atom is 0.310 e. The van der Waals surface area contributed by atoms with Crippen molar-refractivity contribution in [2.75, 3.05) is 0 Å². The lowest BCUT2D eigenvalue weighted by Gasteiger charge is -2.21. The van der Waals surface area contributed by atoms with Crippen molar-refractivity contribution < 1.29 is 9.90 Å². The van der Waals surface area contributed by atoms with Crippen molar-refractivity contribution in [3.05, 3.63) is 90.1 Å². The average Bonchev–Trinajstić information content (AvgIpc) is 2.77. The minimum Gasteiger partial charge on any atom is -0.481 e. The van der Waals surface area contributed by atoms with Gasteiger partial charge in [-0.25, -0.2) is 0 Å². The van der Waals surface area contributed by atoms with Crippen LogP contribution in [0.4, 0.5) is 0 Å². The fourth-order valence-corrected chi connectivity index (χ4v) is 3.82. The maximum absolute atomic E-state index is 11.3. The summed E-state index contributed by atoms with van der Waals surface area (Å²) in [6.45, 7) is 8.39. The first-order valence-corrected chi connectivity index (χ1v) is 10.6. The van der Waals surface area contributed by atoms with Crippen LogP contribution in [0.2, 0.25) is 0 Å². The summed E-state index contributed by atoms with van der Waals surface area (Å²) in [4.78, 5) is 15.9. The second kappa shape index (κ2) is 7.99. The van der Waals surface area contributed by atoms with E-state index in [1.165, 1.54) is 5.56 Å². The van der Waals surface area contributed by atoms with Crippen LogP contribution in [0.3, 0.4) is 0 Å². The summed E-state index contributed by atoms with van der Waals surface area (Å²) in [7, 11) is 0. The summed E-state index contributed by atoms with van der Waals surface area (Å²) in [5, 5.41) is 10.4. The zero-order chi connectivity index (χ0) is 22.2. The van der Waals surface area contributed by atoms with E-state index in [-0.39, 0.29) is 5.41 Å². The first kappa shape index (κ1) is 20.8. The monoisotopic (exact) mass is 409 g/mol. The van der Waals surface area contributed by atoms with E-state index in [0.717, 1.165) is 38.7 Å². The van der Waals surface area contributed by atoms with E-state index in [4.69, 9.17) is 0 Å². The predicted molar refractivity (Wildman–Crippen MR) is 127 cm³/mol. The normalized spacial score (nSPS) is 12.6. The van der Waals surface area contributed by atoms with Crippen molar-refractivity contribution in [1.82, 2.24) is 4.98 Å². The Morgan fingerprint density at radius 2 is 1.58 bits per heavy atom. The maximum atomic E-state index is 11.3. The van der Waals surface area contributed by atoms with Crippen LogP contribution < -0.4 is 0 Å². The second-order valence-corrected chi connectivity index (χ2v) is 9.11. The lowest BCUT2D eigenvalue weighted by molar-refractivity contribution is -0.138. The average molecular weight is 410 g/mol. The molecule has 1 heterocycles. The number of carboxylic acid groups (broad SMARTS) is 1. The van der Waals surface area contributed by atoms with Crippen LogP contribution in [0, 0.1) is 0 Å². The third kappa shape index (κ3) is 4.22. The molecule has 0 amide bonds. The van der Waals surface area contributed by atoms with Crippen LogP contribution in [0.25, 0.3) is 33.2 Å². The summed E-state index contributed by atoms with van der Waals surface area (Å²) >= 11 is 0. The molecule has 0 bridgehead atoms. The molecule has 3 nitrogen and oxygen atoms in total. The molecule has 0 aliphatic rings. The Morgan fingerprint density at radius 3 is 2.26 bits per heavy atom. The molecule has 1 atom stereocenters. The summed E-state index contributed by atoms with van der Waals surface area (Å²) in [6.07, 6.45) is 1.84. The Balaban J connectivity index is 1.80. The Kier molecular flexibility index (Phi) is 5.36. The van der Waals surface area contributed by atoms with E-state index >= 15 is 0 Å². The van der Waals surface area contributed by atoms with E-state index in [9.17, 15) is 9.90 Å². The van der Waals surface area contributed by atoms with Crippen molar-refractivity contribution in [3.63, 3.8) is 0 Å². The number of aromatic nitrogens is 1. The highest BCUT2D eigenvalue weighted by Crippen LogP contribution is 2.35. The molecule has 0 radical (unpaired) electrons. The van der Waals surface area contributed by atoms with E-state index in [2.05, 4.69) is 68.2 Å². The number of aliphatic carboxylic acids is 1. The van der Waals surface area contributed by atoms with Gasteiger partial charge < -0.3 is 5.11 Å². The molecule has 0 saturated carbocycles. The van der Waals surface area contributed by atoms with Crippen LogP contribution in [-0.4, -0.2) is 16.1 Å². The predicted octanol–water partition coefficient (Wildman–Crippen LogP) is 7.05. The molecule has 4 aromatic rings. The van der Waals surface area contributed by atoms with Crippen molar-refractivity contribution in [3.8, 4) is 22.3 Å². The van der Waals surface area contributed by atoms with Crippen molar-refractivity contribution in [2.24, 2.45) is 0 Å². The van der Waals surface area contributed by atoms with Crippen LogP contribution in [-0.2, 0) is 10.2 Å². The molecule has 1 N–H and O–H groups in total. The van der Waals surface area contributed by atoms with Crippen LogP contribution in [0.5, 0.6) is 0 Å². The molecule has 0 spiro atoms. The van der Waals surface area contributed by atoms with Gasteiger partial charge in [-0.1, -0.05) is 69.3 Å². The fraction of sp³-hybridized carbons (Fsp3) is 0.214. The molecular weight excluding hydrogens is 382 g/mol. The Labute approximate surface area is 183 Å². The number of benzene rings is 3. The number of rotatable bonds is 4. The molecule has 1 unspecified atom stereocenters. The highest BCUT2D eigenvalue weighted by Gasteiger charge is 2.18. The number of carboxylic acids is 1. The minimum absolute atomic E-state index is 0.0348. The lowest BCUT2D eigenvalue weighted by atomic mass is 9.84. The van der Waals surface area contributed by atoms with Crippen LogP contribution >= 0.6 is 0 Å². The standard InChI is InChI=1S/C28H27NO2/c1-18(27(30)31)19-10-12-20(13-11-19)21-7-5-8-22(15-21)25-17-24(28(2,3)4)16-23-9-6-14-29-26(23)25/h5-18H,1-4H3,(H,30,31). The van der Waals surface area contributed by atoms with Gasteiger partial charge in [-0.15, -0.1) is 0 Å². The second-order valence-electron chi connectivity index (χ2n) is 9.11. The number of carbonyl (C=O) groups is 1. The first-order valence-electron chi connectivity index (χ1n) is 10.6. The van der Waals surface area contributed by atoms with Gasteiger partial charge in [0.25, 0.3) is 0 Å². The molecular formula is C28H27NO2. The summed E-state index contributed by atoms with van der Waals surface area (Å²) in [6, 6.07) is 24.8. The van der Waals surface area contributed by atoms with Crippen LogP contribution in [0.15, 0.2) is 79.0 Å². The molecule has 4 rings (SSSR count). The quantitative estimate of drug-likeness (QED) is 0.393. The van der Waals surface area contributed by atoms with Gasteiger partial charge in [0, 0.05) is 17.1 Å². The summed E-state index contributed by atoms with van der Waals surface area (Å²) < 4.78 is 0. The SMILES string of the molecule is CC(C(=O)O)c1ccc(-c2cccc(-c3cc(C(C)(C)C)cc4cccnc34)c2)cc1. The lowest BCUT2D eigenvalue weighted by Crippen LogP contribution is -2.11. The molecule has 0 aliphatic carbocycles. The van der Waals surface area contributed by atoms with E-state index in [1.54, 1.807) is 6.92 Å². The highest BCUT2D eigenvalue weighted by molar-refractivity contribution is 5.95. The highest BCUT2D eigenvalue weighted by atomic mass is 16.4. The Bertz CT molecular complexity index is 1250. The van der Waals surface area contributed by atoms with Crippen molar-refractivity contribution in [2.45, 2.75) is 39.0 Å². The number of hydrogen-bond acceptors (Lipinski definition) is 2. The number of pyridine rings is 1. The smallest absolute Gasteiger partial charge is 0.310 e. The number of hydrogen-bond donors (Lipinski definition) is 1. The molecule has 3 aromatic carbocycles. The molecule has 1 aromatic heterocycles. The summed E-state index contributed by atoms with van der Waals surface area (Å²) in [5.41, 5.74) is 7.52. The van der Waals surface area contributed by atoms with Gasteiger partial charge in [-0.05, 0) is 64.4 Å². The molecule has 156 valence electrons. The van der Waals surface area contributed by atoms with Gasteiger partial charge in [-0.2, -0.15) is 0 Å². The number of fused-ring (bicyclic) bond motifs is 1. The van der Waals surface area contributed by atoms with Crippen LogP contribution in [0.1, 0.15) is 44.7 Å².